The maximum atomic E-state index is 16.0. The van der Waals surface area contributed by atoms with E-state index < -0.39 is 29.8 Å². The van der Waals surface area contributed by atoms with Crippen LogP contribution >= 0.6 is 0 Å². The number of aromatic carboxylic acids is 1. The van der Waals surface area contributed by atoms with Gasteiger partial charge in [-0.05, 0) is 0 Å². The van der Waals surface area contributed by atoms with E-state index in [0.29, 0.717) is 17.9 Å². The number of rotatable bonds is 11. The summed E-state index contributed by atoms with van der Waals surface area (Å²) >= 11 is -3.23. The molecule has 2 heterocycles. The van der Waals surface area contributed by atoms with E-state index in [-0.39, 0.29) is 22.8 Å². The Morgan fingerprint density at radius 3 is 2.22 bits per heavy atom. The first-order chi connectivity index (χ1) is 15.3. The minimum absolute atomic E-state index is 0.120. The van der Waals surface area contributed by atoms with Crippen LogP contribution in [0.4, 0.5) is 4.39 Å². The molecule has 0 saturated heterocycles. The second kappa shape index (κ2) is 10.6. The molecule has 0 radical (unpaired) electrons. The molecular weight excluding hydrogens is 516 g/mol. The number of carbonyl (C=O) groups is 1. The molecule has 32 heavy (non-hydrogen) atoms. The second-order valence-corrected chi connectivity index (χ2v) is 22.3. The zero-order valence-electron chi connectivity index (χ0n) is 19.8. The van der Waals surface area contributed by atoms with Crippen molar-refractivity contribution in [3.63, 3.8) is 0 Å². The number of ether oxygens (including phenoxy) is 1. The molecule has 1 aliphatic rings. The number of hydrogen-bond donors (Lipinski definition) is 1. The molecule has 1 atom stereocenters. The van der Waals surface area contributed by atoms with Crippen LogP contribution in [-0.2, 0) is 0 Å². The Balaban J connectivity index is 2.38. The molecule has 176 valence electrons. The molecule has 5 nitrogen and oxygen atoms in total. The average Bonchev–Trinajstić information content (AvgIpc) is 2.77. The number of benzene rings is 1. The Morgan fingerprint density at radius 2 is 1.72 bits per heavy atom. The van der Waals surface area contributed by atoms with Gasteiger partial charge in [-0.2, -0.15) is 0 Å². The molecule has 0 aliphatic carbocycles. The topological polar surface area (TPSA) is 68.5 Å². The zero-order valence-corrected chi connectivity index (χ0v) is 22.7. The van der Waals surface area contributed by atoms with Crippen molar-refractivity contribution in [3.8, 4) is 5.75 Å². The third-order valence-electron chi connectivity index (χ3n) is 6.95. The Labute approximate surface area is 193 Å². The molecular formula is C25H36FNO4Sn. The number of hydrogen-bond acceptors (Lipinski definition) is 3. The SMILES string of the molecule is CCC[CH2][Sn]([CH2]CCC)([CH2]CCC)[c]1c(F)cc2c(=O)c(C(=O)O)cn3c2c1OC[C@@H]3C. The molecule has 0 saturated carbocycles. The summed E-state index contributed by atoms with van der Waals surface area (Å²) in [6.07, 6.45) is 7.90. The number of unbranched alkanes of at least 4 members (excludes halogenated alkanes) is 3. The fraction of sp³-hybridized carbons (Fsp3) is 0.600. The van der Waals surface area contributed by atoms with Gasteiger partial charge in [-0.15, -0.1) is 0 Å². The number of nitrogens with zero attached hydrogens (tertiary/aromatic N) is 1. The molecule has 1 aliphatic heterocycles. The van der Waals surface area contributed by atoms with Gasteiger partial charge in [-0.25, -0.2) is 0 Å². The summed E-state index contributed by atoms with van der Waals surface area (Å²) in [5.74, 6) is -1.11. The van der Waals surface area contributed by atoms with Gasteiger partial charge >= 0.3 is 194 Å². The van der Waals surface area contributed by atoms with Crippen LogP contribution in [-0.4, -0.2) is 40.6 Å². The van der Waals surface area contributed by atoms with E-state index in [1.165, 1.54) is 12.3 Å². The Morgan fingerprint density at radius 1 is 1.16 bits per heavy atom. The second-order valence-electron chi connectivity index (χ2n) is 9.29. The summed E-state index contributed by atoms with van der Waals surface area (Å²) in [5.41, 5.74) is -0.368. The van der Waals surface area contributed by atoms with Gasteiger partial charge in [0, 0.05) is 0 Å². The molecule has 0 bridgehead atoms. The van der Waals surface area contributed by atoms with Gasteiger partial charge in [-0.1, -0.05) is 0 Å². The summed E-state index contributed by atoms with van der Waals surface area (Å²) in [5, 5.41) is 9.65. The molecule has 1 aromatic heterocycles. The number of carboxylic acids is 1. The van der Waals surface area contributed by atoms with Crippen LogP contribution < -0.4 is 13.7 Å². The number of carboxylic acid groups (broad SMARTS) is 1. The van der Waals surface area contributed by atoms with Gasteiger partial charge in [0.2, 0.25) is 0 Å². The number of halogens is 1. The van der Waals surface area contributed by atoms with E-state index in [1.54, 1.807) is 0 Å². The summed E-state index contributed by atoms with van der Waals surface area (Å²) < 4.78 is 28.1. The Kier molecular flexibility index (Phi) is 8.28. The van der Waals surface area contributed by atoms with E-state index in [0.717, 1.165) is 55.4 Å². The molecule has 0 unspecified atom stereocenters. The normalized spacial score (nSPS) is 15.7. The minimum atomic E-state index is -3.23. The third kappa shape index (κ3) is 4.57. The van der Waals surface area contributed by atoms with Crippen molar-refractivity contribution in [3.05, 3.63) is 33.9 Å². The van der Waals surface area contributed by atoms with Crippen LogP contribution in [0.3, 0.4) is 0 Å². The van der Waals surface area contributed by atoms with E-state index in [4.69, 9.17) is 4.74 Å². The van der Waals surface area contributed by atoms with Crippen molar-refractivity contribution in [2.75, 3.05) is 6.61 Å². The van der Waals surface area contributed by atoms with Crippen LogP contribution in [0.2, 0.25) is 13.3 Å². The first-order valence-electron chi connectivity index (χ1n) is 12.1. The zero-order chi connectivity index (χ0) is 23.5. The van der Waals surface area contributed by atoms with Gasteiger partial charge in [0.05, 0.1) is 0 Å². The Hall–Kier alpha value is -1.57. The van der Waals surface area contributed by atoms with Gasteiger partial charge in [0.1, 0.15) is 0 Å². The van der Waals surface area contributed by atoms with Gasteiger partial charge < -0.3 is 0 Å². The van der Waals surface area contributed by atoms with Crippen molar-refractivity contribution < 1.29 is 19.0 Å². The summed E-state index contributed by atoms with van der Waals surface area (Å²) in [4.78, 5) is 24.6. The maximum absolute atomic E-state index is 16.0. The first kappa shape index (κ1) is 25.1. The monoisotopic (exact) mass is 553 g/mol. The standard InChI is InChI=1S/C13H9FNO4.3C4H9.Sn/c1-6-5-19-10-3-7(14)2-8-11(10)15(6)4-9(12(8)16)13(17)18;3*1-3-4-2;/h2,4,6H,5H2,1H3,(H,17,18);3*1,3-4H2,2H3;/t6-;;;;/m0..../s1. The molecule has 3 rings (SSSR count). The molecule has 7 heteroatoms. The van der Waals surface area contributed by atoms with Crippen molar-refractivity contribution in [1.29, 1.82) is 0 Å². The predicted molar refractivity (Wildman–Crippen MR) is 130 cm³/mol. The van der Waals surface area contributed by atoms with E-state index in [2.05, 4.69) is 20.8 Å². The van der Waals surface area contributed by atoms with Gasteiger partial charge in [-0.3, -0.25) is 0 Å². The van der Waals surface area contributed by atoms with Crippen LogP contribution in [0.15, 0.2) is 17.1 Å². The van der Waals surface area contributed by atoms with Crippen molar-refractivity contribution in [1.82, 2.24) is 4.57 Å². The van der Waals surface area contributed by atoms with Crippen molar-refractivity contribution in [2.45, 2.75) is 85.6 Å². The summed E-state index contributed by atoms with van der Waals surface area (Å²) in [6.45, 7) is 8.82. The van der Waals surface area contributed by atoms with E-state index >= 15 is 4.39 Å². The fourth-order valence-corrected chi connectivity index (χ4v) is 21.8. The number of pyridine rings is 1. The predicted octanol–water partition coefficient (Wildman–Crippen LogP) is 5.85. The molecule has 1 aromatic carbocycles. The molecule has 2 aromatic rings. The average molecular weight is 552 g/mol. The van der Waals surface area contributed by atoms with Crippen molar-refractivity contribution in [2.24, 2.45) is 0 Å². The van der Waals surface area contributed by atoms with E-state index in [9.17, 15) is 14.7 Å². The van der Waals surface area contributed by atoms with E-state index in [1.807, 2.05) is 11.5 Å². The third-order valence-corrected chi connectivity index (χ3v) is 22.5. The molecule has 1 N–H and O–H groups in total. The molecule has 0 fully saturated rings. The fourth-order valence-electron chi connectivity index (χ4n) is 5.17. The van der Waals surface area contributed by atoms with Gasteiger partial charge in [0.25, 0.3) is 0 Å². The molecule has 0 spiro atoms. The van der Waals surface area contributed by atoms with Crippen LogP contribution in [0, 0.1) is 5.82 Å². The first-order valence-corrected chi connectivity index (χ1v) is 19.6. The van der Waals surface area contributed by atoms with Crippen molar-refractivity contribution >= 4 is 38.8 Å². The summed E-state index contributed by atoms with van der Waals surface area (Å²) in [7, 11) is 0. The summed E-state index contributed by atoms with van der Waals surface area (Å²) in [6, 6.07) is 1.18. The Bertz CT molecular complexity index is 1030. The van der Waals surface area contributed by atoms with Crippen LogP contribution in [0.1, 0.15) is 82.6 Å². The van der Waals surface area contributed by atoms with Crippen LogP contribution in [0.5, 0.6) is 5.75 Å². The molecule has 0 amide bonds. The number of aromatic nitrogens is 1. The van der Waals surface area contributed by atoms with Gasteiger partial charge in [0.15, 0.2) is 0 Å². The van der Waals surface area contributed by atoms with Crippen LogP contribution in [0.25, 0.3) is 10.9 Å². The quantitative estimate of drug-likeness (QED) is 0.356.